The summed E-state index contributed by atoms with van der Waals surface area (Å²) in [5.74, 6) is 1.47. The van der Waals surface area contributed by atoms with E-state index in [1.54, 1.807) is 48.4 Å². The van der Waals surface area contributed by atoms with Crippen molar-refractivity contribution in [1.29, 1.82) is 0 Å². The number of ketones is 1. The van der Waals surface area contributed by atoms with E-state index in [2.05, 4.69) is 5.32 Å². The maximum absolute atomic E-state index is 12.6. The largest absolute Gasteiger partial charge is 0.493 e. The Kier molecular flexibility index (Phi) is 7.99. The van der Waals surface area contributed by atoms with Gasteiger partial charge in [0.2, 0.25) is 5.91 Å². The van der Waals surface area contributed by atoms with Gasteiger partial charge in [0.25, 0.3) is 5.91 Å². The van der Waals surface area contributed by atoms with Crippen molar-refractivity contribution in [2.24, 2.45) is 0 Å². The van der Waals surface area contributed by atoms with Gasteiger partial charge in [-0.05, 0) is 36.8 Å². The van der Waals surface area contributed by atoms with Gasteiger partial charge in [0.1, 0.15) is 5.75 Å². The fourth-order valence-corrected chi connectivity index (χ4v) is 3.99. The van der Waals surface area contributed by atoms with E-state index in [0.29, 0.717) is 40.7 Å². The summed E-state index contributed by atoms with van der Waals surface area (Å²) < 4.78 is 15.9. The fourth-order valence-electron chi connectivity index (χ4n) is 3.28. The monoisotopic (exact) mass is 458 g/mol. The first-order valence-corrected chi connectivity index (χ1v) is 11.3. The molecular weight excluding hydrogens is 432 g/mol. The molecule has 3 rings (SSSR count). The third-order valence-electron chi connectivity index (χ3n) is 4.80. The third-order valence-corrected chi connectivity index (χ3v) is 5.74. The lowest BCUT2D eigenvalue weighted by Crippen LogP contribution is -2.39. The van der Waals surface area contributed by atoms with Crippen LogP contribution in [0.2, 0.25) is 0 Å². The Balaban J connectivity index is 1.56. The molecule has 2 aromatic rings. The molecule has 0 saturated carbocycles. The van der Waals surface area contributed by atoms with Crippen LogP contribution < -0.4 is 24.4 Å². The first-order valence-electron chi connectivity index (χ1n) is 10.2. The van der Waals surface area contributed by atoms with E-state index < -0.39 is 0 Å². The Morgan fingerprint density at radius 2 is 1.88 bits per heavy atom. The van der Waals surface area contributed by atoms with Gasteiger partial charge < -0.3 is 24.4 Å². The molecule has 1 N–H and O–H groups in total. The molecule has 0 aromatic heterocycles. The van der Waals surface area contributed by atoms with Gasteiger partial charge in [-0.2, -0.15) is 0 Å². The molecule has 0 saturated heterocycles. The minimum absolute atomic E-state index is 0.00528. The minimum Gasteiger partial charge on any atom is -0.493 e. The van der Waals surface area contributed by atoms with Gasteiger partial charge in [-0.15, -0.1) is 11.8 Å². The average molecular weight is 459 g/mol. The second-order valence-electron chi connectivity index (χ2n) is 7.05. The summed E-state index contributed by atoms with van der Waals surface area (Å²) in [6, 6.07) is 10.2. The van der Waals surface area contributed by atoms with Crippen molar-refractivity contribution in [2.45, 2.75) is 13.3 Å². The number of anilines is 2. The molecule has 1 aliphatic rings. The molecule has 2 aromatic carbocycles. The van der Waals surface area contributed by atoms with Crippen LogP contribution in [0.4, 0.5) is 11.4 Å². The summed E-state index contributed by atoms with van der Waals surface area (Å²) in [5.41, 5.74) is 1.68. The number of hydrogen-bond donors (Lipinski definition) is 1. The number of amides is 2. The number of hydrogen-bond acceptors (Lipinski definition) is 7. The summed E-state index contributed by atoms with van der Waals surface area (Å²) in [4.78, 5) is 38.7. The first-order chi connectivity index (χ1) is 15.5. The molecule has 0 bridgehead atoms. The molecule has 1 heterocycles. The van der Waals surface area contributed by atoms with Crippen molar-refractivity contribution in [2.75, 3.05) is 49.1 Å². The predicted octanol–water partition coefficient (Wildman–Crippen LogP) is 3.39. The van der Waals surface area contributed by atoms with Crippen LogP contribution in [0.3, 0.4) is 0 Å². The van der Waals surface area contributed by atoms with Crippen molar-refractivity contribution in [3.05, 3.63) is 42.0 Å². The molecule has 32 heavy (non-hydrogen) atoms. The zero-order valence-electron chi connectivity index (χ0n) is 18.3. The van der Waals surface area contributed by atoms with Gasteiger partial charge in [0.15, 0.2) is 23.9 Å². The van der Waals surface area contributed by atoms with E-state index in [0.717, 1.165) is 6.42 Å². The number of nitrogens with zero attached hydrogens (tertiary/aromatic N) is 1. The van der Waals surface area contributed by atoms with Gasteiger partial charge in [0.05, 0.1) is 31.4 Å². The Morgan fingerprint density at radius 3 is 2.59 bits per heavy atom. The maximum atomic E-state index is 12.6. The van der Waals surface area contributed by atoms with Crippen LogP contribution in [0.25, 0.3) is 0 Å². The number of thioether (sulfide) groups is 1. The number of Topliss-reactive ketones (excluding diaryl/α,β-unsaturated/α-hetero) is 1. The van der Waals surface area contributed by atoms with E-state index in [9.17, 15) is 14.4 Å². The van der Waals surface area contributed by atoms with Crippen LogP contribution >= 0.6 is 11.8 Å². The molecule has 0 atom stereocenters. The first kappa shape index (κ1) is 23.5. The Bertz CT molecular complexity index is 1010. The Morgan fingerprint density at radius 1 is 1.09 bits per heavy atom. The predicted molar refractivity (Wildman–Crippen MR) is 124 cm³/mol. The maximum Gasteiger partial charge on any atom is 0.265 e. The van der Waals surface area contributed by atoms with Gasteiger partial charge in [-0.1, -0.05) is 6.92 Å². The van der Waals surface area contributed by atoms with Crippen molar-refractivity contribution >= 4 is 40.7 Å². The van der Waals surface area contributed by atoms with Gasteiger partial charge in [0, 0.05) is 23.9 Å². The molecular formula is C23H26N2O6S. The van der Waals surface area contributed by atoms with Crippen LogP contribution in [0.15, 0.2) is 36.4 Å². The van der Waals surface area contributed by atoms with Gasteiger partial charge in [-0.3, -0.25) is 14.4 Å². The normalized spacial score (nSPS) is 12.6. The quantitative estimate of drug-likeness (QED) is 0.546. The van der Waals surface area contributed by atoms with Crippen molar-refractivity contribution in [3.8, 4) is 17.2 Å². The molecule has 8 nitrogen and oxygen atoms in total. The van der Waals surface area contributed by atoms with E-state index in [-0.39, 0.29) is 35.7 Å². The molecule has 0 aliphatic carbocycles. The second kappa shape index (κ2) is 10.9. The van der Waals surface area contributed by atoms with Crippen LogP contribution in [-0.2, 0) is 9.59 Å². The van der Waals surface area contributed by atoms with Crippen molar-refractivity contribution in [1.82, 2.24) is 0 Å². The number of nitrogens with one attached hydrogen (secondary N) is 1. The van der Waals surface area contributed by atoms with E-state index in [1.165, 1.54) is 18.9 Å². The highest BCUT2D eigenvalue weighted by Crippen LogP contribution is 2.33. The van der Waals surface area contributed by atoms with Crippen molar-refractivity contribution < 1.29 is 28.6 Å². The summed E-state index contributed by atoms with van der Waals surface area (Å²) >= 11 is 1.22. The highest BCUT2D eigenvalue weighted by molar-refractivity contribution is 8.00. The van der Waals surface area contributed by atoms with Crippen LogP contribution in [0.1, 0.15) is 23.7 Å². The number of fused-ring (bicyclic) bond motifs is 1. The fraction of sp³-hybridized carbons (Fsp3) is 0.348. The SMILES string of the molecule is CCCN1C(=O)COc2ccc(C(=O)CSCC(=O)Nc3ccc(OC)c(OC)c3)cc21. The zero-order valence-corrected chi connectivity index (χ0v) is 19.1. The minimum atomic E-state index is -0.228. The lowest BCUT2D eigenvalue weighted by atomic mass is 10.1. The molecule has 2 amide bonds. The molecule has 170 valence electrons. The molecule has 0 unspecified atom stereocenters. The highest BCUT2D eigenvalue weighted by Gasteiger charge is 2.25. The molecule has 0 radical (unpaired) electrons. The van der Waals surface area contributed by atoms with Crippen LogP contribution in [-0.4, -0.2) is 56.5 Å². The number of benzene rings is 2. The number of carbonyl (C=O) groups excluding carboxylic acids is 3. The van der Waals surface area contributed by atoms with Gasteiger partial charge >= 0.3 is 0 Å². The molecule has 1 aliphatic heterocycles. The third kappa shape index (κ3) is 5.53. The number of carbonyl (C=O) groups is 3. The van der Waals surface area contributed by atoms with Gasteiger partial charge in [-0.25, -0.2) is 0 Å². The smallest absolute Gasteiger partial charge is 0.265 e. The van der Waals surface area contributed by atoms with E-state index >= 15 is 0 Å². The number of rotatable bonds is 10. The summed E-state index contributed by atoms with van der Waals surface area (Å²) in [5, 5.41) is 2.78. The summed E-state index contributed by atoms with van der Waals surface area (Å²) in [6.45, 7) is 2.56. The lowest BCUT2D eigenvalue weighted by molar-refractivity contribution is -0.121. The molecule has 0 fully saturated rings. The summed E-state index contributed by atoms with van der Waals surface area (Å²) in [6.07, 6.45) is 0.800. The highest BCUT2D eigenvalue weighted by atomic mass is 32.2. The van der Waals surface area contributed by atoms with E-state index in [1.807, 2.05) is 6.92 Å². The van der Waals surface area contributed by atoms with E-state index in [4.69, 9.17) is 14.2 Å². The zero-order chi connectivity index (χ0) is 23.1. The summed E-state index contributed by atoms with van der Waals surface area (Å²) in [7, 11) is 3.06. The average Bonchev–Trinajstić information content (AvgIpc) is 2.80. The second-order valence-corrected chi connectivity index (χ2v) is 8.04. The number of ether oxygens (including phenoxy) is 3. The van der Waals surface area contributed by atoms with Crippen LogP contribution in [0.5, 0.6) is 17.2 Å². The molecule has 0 spiro atoms. The topological polar surface area (TPSA) is 94.2 Å². The number of methoxy groups -OCH3 is 2. The van der Waals surface area contributed by atoms with Crippen LogP contribution in [0, 0.1) is 0 Å². The lowest BCUT2D eigenvalue weighted by Gasteiger charge is -2.29. The molecule has 9 heteroatoms. The van der Waals surface area contributed by atoms with Crippen molar-refractivity contribution in [3.63, 3.8) is 0 Å². The Hall–Kier alpha value is -3.20. The standard InChI is InChI=1S/C23H26N2O6S/c1-4-9-25-17-10-15(5-7-19(17)31-12-23(25)28)18(26)13-32-14-22(27)24-16-6-8-20(29-2)21(11-16)30-3/h5-8,10-11H,4,9,12-14H2,1-3H3,(H,24,27). The Labute approximate surface area is 191 Å².